The molecule has 1 aromatic carbocycles. The maximum Gasteiger partial charge on any atom is 0.243 e. The van der Waals surface area contributed by atoms with E-state index in [1.807, 2.05) is 32.3 Å². The van der Waals surface area contributed by atoms with Gasteiger partial charge >= 0.3 is 0 Å². The molecule has 0 aliphatic carbocycles. The number of aryl methyl sites for hydroxylation is 2. The van der Waals surface area contributed by atoms with Crippen LogP contribution in [0.3, 0.4) is 0 Å². The van der Waals surface area contributed by atoms with Gasteiger partial charge in [-0.1, -0.05) is 12.1 Å². The van der Waals surface area contributed by atoms with E-state index in [0.717, 1.165) is 37.3 Å². The number of pyridine rings is 1. The summed E-state index contributed by atoms with van der Waals surface area (Å²) < 4.78 is 29.4. The van der Waals surface area contributed by atoms with Crippen molar-refractivity contribution in [3.8, 4) is 0 Å². The molecule has 0 N–H and O–H groups in total. The van der Waals surface area contributed by atoms with Crippen molar-refractivity contribution in [3.05, 3.63) is 59.9 Å². The van der Waals surface area contributed by atoms with E-state index in [-0.39, 0.29) is 0 Å². The number of sulfonamides is 1. The molecule has 1 aliphatic heterocycles. The monoisotopic (exact) mass is 398 g/mol. The molecule has 1 aliphatic rings. The molecule has 28 heavy (non-hydrogen) atoms. The number of benzene rings is 1. The molecule has 6 nitrogen and oxygen atoms in total. The van der Waals surface area contributed by atoms with Gasteiger partial charge in [0.2, 0.25) is 10.0 Å². The van der Waals surface area contributed by atoms with E-state index in [4.69, 9.17) is 0 Å². The summed E-state index contributed by atoms with van der Waals surface area (Å²) in [7, 11) is -1.38. The van der Waals surface area contributed by atoms with Gasteiger partial charge in [0.25, 0.3) is 0 Å². The Balaban J connectivity index is 1.38. The number of rotatable bonds is 5. The first-order valence-electron chi connectivity index (χ1n) is 9.63. The highest BCUT2D eigenvalue weighted by atomic mass is 32.2. The Labute approximate surface area is 166 Å². The number of nitrogens with zero attached hydrogens (tertiary/aromatic N) is 4. The average molecular weight is 399 g/mol. The van der Waals surface area contributed by atoms with Gasteiger partial charge in [-0.3, -0.25) is 0 Å². The van der Waals surface area contributed by atoms with Crippen LogP contribution in [0.2, 0.25) is 0 Å². The van der Waals surface area contributed by atoms with Crippen LogP contribution >= 0.6 is 0 Å². The summed E-state index contributed by atoms with van der Waals surface area (Å²) in [5, 5.41) is 1.20. The summed E-state index contributed by atoms with van der Waals surface area (Å²) in [5.74, 6) is 0. The van der Waals surface area contributed by atoms with Gasteiger partial charge in [0.15, 0.2) is 0 Å². The lowest BCUT2D eigenvalue weighted by Crippen LogP contribution is -2.49. The van der Waals surface area contributed by atoms with Crippen LogP contribution in [0.1, 0.15) is 11.1 Å². The molecule has 0 amide bonds. The van der Waals surface area contributed by atoms with E-state index >= 15 is 0 Å². The molecule has 0 atom stereocenters. The first-order chi connectivity index (χ1) is 13.4. The fourth-order valence-electron chi connectivity index (χ4n) is 3.89. The van der Waals surface area contributed by atoms with E-state index in [0.29, 0.717) is 18.0 Å². The molecule has 0 bridgehead atoms. The van der Waals surface area contributed by atoms with Crippen LogP contribution in [0.25, 0.3) is 11.0 Å². The first-order valence-corrected chi connectivity index (χ1v) is 11.1. The molecule has 3 aromatic rings. The highest BCUT2D eigenvalue weighted by Gasteiger charge is 2.28. The quantitative estimate of drug-likeness (QED) is 0.662. The molecule has 7 heteroatoms. The van der Waals surface area contributed by atoms with E-state index in [1.54, 1.807) is 22.5 Å². The summed E-state index contributed by atoms with van der Waals surface area (Å²) in [4.78, 5) is 7.18. The Morgan fingerprint density at radius 3 is 2.61 bits per heavy atom. The highest BCUT2D eigenvalue weighted by molar-refractivity contribution is 7.89. The van der Waals surface area contributed by atoms with E-state index in [1.165, 1.54) is 10.9 Å². The minimum atomic E-state index is -3.41. The Morgan fingerprint density at radius 2 is 1.86 bits per heavy atom. The maximum atomic E-state index is 12.9. The molecule has 4 rings (SSSR count). The molecular formula is C21H26N4O2S. The van der Waals surface area contributed by atoms with Crippen LogP contribution < -0.4 is 0 Å². The molecule has 0 radical (unpaired) electrons. The normalized spacial score (nSPS) is 16.6. The van der Waals surface area contributed by atoms with E-state index in [9.17, 15) is 8.42 Å². The standard InChI is InChI=1S/C21H26N4O2S/c1-17-5-3-6-19(15-17)28(26,27)25-13-11-24(12-14-25)10-8-18-16-23(2)21-20(18)7-4-9-22-21/h3-7,9,15-16H,8,10-14H2,1-2H3. The summed E-state index contributed by atoms with van der Waals surface area (Å²) in [6.45, 7) is 5.43. The van der Waals surface area contributed by atoms with Gasteiger partial charge in [0.1, 0.15) is 5.65 Å². The lowest BCUT2D eigenvalue weighted by atomic mass is 10.1. The average Bonchev–Trinajstić information content (AvgIpc) is 3.03. The Kier molecular flexibility index (Phi) is 5.23. The lowest BCUT2D eigenvalue weighted by Gasteiger charge is -2.34. The number of hydrogen-bond acceptors (Lipinski definition) is 4. The summed E-state index contributed by atoms with van der Waals surface area (Å²) in [5.41, 5.74) is 3.26. The number of fused-ring (bicyclic) bond motifs is 1. The molecule has 2 aromatic heterocycles. The zero-order valence-electron chi connectivity index (χ0n) is 16.4. The van der Waals surface area contributed by atoms with Gasteiger partial charge in [-0.25, -0.2) is 13.4 Å². The van der Waals surface area contributed by atoms with Crippen LogP contribution in [0.15, 0.2) is 53.7 Å². The fraction of sp³-hybridized carbons (Fsp3) is 0.381. The van der Waals surface area contributed by atoms with Crippen molar-refractivity contribution in [2.75, 3.05) is 32.7 Å². The van der Waals surface area contributed by atoms with Crippen LogP contribution in [0, 0.1) is 6.92 Å². The summed E-state index contributed by atoms with van der Waals surface area (Å²) in [6, 6.07) is 11.2. The second-order valence-corrected chi connectivity index (χ2v) is 9.39. The zero-order valence-corrected chi connectivity index (χ0v) is 17.2. The zero-order chi connectivity index (χ0) is 19.7. The minimum Gasteiger partial charge on any atom is -0.335 e. The van der Waals surface area contributed by atoms with Crippen LogP contribution in [0.5, 0.6) is 0 Å². The molecule has 3 heterocycles. The summed E-state index contributed by atoms with van der Waals surface area (Å²) in [6.07, 6.45) is 4.91. The van der Waals surface area contributed by atoms with Gasteiger partial charge < -0.3 is 9.47 Å². The van der Waals surface area contributed by atoms with Crippen LogP contribution in [-0.2, 0) is 23.5 Å². The van der Waals surface area contributed by atoms with Crippen LogP contribution in [-0.4, -0.2) is 59.9 Å². The Hall–Kier alpha value is -2.22. The second-order valence-electron chi connectivity index (χ2n) is 7.45. The molecule has 1 saturated heterocycles. The fourth-order valence-corrected chi connectivity index (χ4v) is 5.42. The van der Waals surface area contributed by atoms with Crippen molar-refractivity contribution < 1.29 is 8.42 Å². The Bertz CT molecular complexity index is 1080. The Morgan fingerprint density at radius 1 is 1.07 bits per heavy atom. The molecule has 1 fully saturated rings. The molecule has 0 saturated carbocycles. The van der Waals surface area contributed by atoms with Gasteiger partial charge in [0.05, 0.1) is 4.90 Å². The number of piperazine rings is 1. The third-order valence-corrected chi connectivity index (χ3v) is 7.37. The third-order valence-electron chi connectivity index (χ3n) is 5.47. The van der Waals surface area contributed by atoms with E-state index in [2.05, 4.69) is 26.7 Å². The van der Waals surface area contributed by atoms with Crippen molar-refractivity contribution in [2.24, 2.45) is 7.05 Å². The molecule has 0 spiro atoms. The van der Waals surface area contributed by atoms with Crippen molar-refractivity contribution in [1.29, 1.82) is 0 Å². The van der Waals surface area contributed by atoms with Crippen molar-refractivity contribution in [1.82, 2.24) is 18.8 Å². The van der Waals surface area contributed by atoms with Gasteiger partial charge in [-0.15, -0.1) is 0 Å². The summed E-state index contributed by atoms with van der Waals surface area (Å²) >= 11 is 0. The van der Waals surface area contributed by atoms with E-state index < -0.39 is 10.0 Å². The smallest absolute Gasteiger partial charge is 0.243 e. The molecule has 0 unspecified atom stereocenters. The topological polar surface area (TPSA) is 58.4 Å². The molecule has 148 valence electrons. The molecular weight excluding hydrogens is 372 g/mol. The van der Waals surface area contributed by atoms with Gasteiger partial charge in [-0.2, -0.15) is 4.31 Å². The number of aromatic nitrogens is 2. The third kappa shape index (κ3) is 3.70. The van der Waals surface area contributed by atoms with Gasteiger partial charge in [0, 0.05) is 57.6 Å². The highest BCUT2D eigenvalue weighted by Crippen LogP contribution is 2.21. The van der Waals surface area contributed by atoms with Crippen molar-refractivity contribution >= 4 is 21.1 Å². The van der Waals surface area contributed by atoms with Crippen LogP contribution in [0.4, 0.5) is 0 Å². The lowest BCUT2D eigenvalue weighted by molar-refractivity contribution is 0.190. The SMILES string of the molecule is Cc1cccc(S(=O)(=O)N2CCN(CCc3cn(C)c4ncccc34)CC2)c1. The largest absolute Gasteiger partial charge is 0.335 e. The first kappa shape index (κ1) is 19.1. The maximum absolute atomic E-state index is 12.9. The second kappa shape index (κ2) is 7.66. The minimum absolute atomic E-state index is 0.393. The predicted molar refractivity (Wildman–Crippen MR) is 111 cm³/mol. The number of hydrogen-bond donors (Lipinski definition) is 0. The van der Waals surface area contributed by atoms with Crippen molar-refractivity contribution in [2.45, 2.75) is 18.2 Å². The van der Waals surface area contributed by atoms with Gasteiger partial charge in [-0.05, 0) is 48.7 Å². The predicted octanol–water partition coefficient (Wildman–Crippen LogP) is 2.43. The van der Waals surface area contributed by atoms with Crippen molar-refractivity contribution in [3.63, 3.8) is 0 Å².